The Bertz CT molecular complexity index is 336. The van der Waals surface area contributed by atoms with Gasteiger partial charge in [-0.15, -0.1) is 17.9 Å². The molecule has 1 aromatic rings. The highest BCUT2D eigenvalue weighted by atomic mass is 32.1. The number of nitrogens with one attached hydrogen (secondary N) is 1. The van der Waals surface area contributed by atoms with Crippen molar-refractivity contribution in [3.05, 3.63) is 28.7 Å². The van der Waals surface area contributed by atoms with Crippen molar-refractivity contribution in [3.63, 3.8) is 0 Å². The summed E-state index contributed by atoms with van der Waals surface area (Å²) in [6.45, 7) is 4.52. The number of rotatable bonds is 6. The minimum Gasteiger partial charge on any atom is -0.378 e. The first-order valence-electron chi connectivity index (χ1n) is 4.56. The summed E-state index contributed by atoms with van der Waals surface area (Å²) in [7, 11) is 1.62. The van der Waals surface area contributed by atoms with Gasteiger partial charge in [-0.3, -0.25) is 4.79 Å². The second kappa shape index (κ2) is 6.31. The van der Waals surface area contributed by atoms with Gasteiger partial charge >= 0.3 is 0 Å². The lowest BCUT2D eigenvalue weighted by atomic mass is 10.3. The molecule has 0 bridgehead atoms. The molecule has 1 aromatic heterocycles. The number of methoxy groups -OCH3 is 1. The quantitative estimate of drug-likeness (QED) is 0.740. The van der Waals surface area contributed by atoms with E-state index in [1.807, 2.05) is 5.38 Å². The molecule has 0 fully saturated rings. The third-order valence-corrected chi connectivity index (χ3v) is 2.52. The average molecular weight is 226 g/mol. The Hall–Kier alpha value is -1.20. The van der Waals surface area contributed by atoms with Crippen LogP contribution in [0.5, 0.6) is 0 Å². The van der Waals surface area contributed by atoms with Gasteiger partial charge in [0.05, 0.1) is 18.7 Å². The van der Waals surface area contributed by atoms with Crippen molar-refractivity contribution in [1.29, 1.82) is 0 Å². The monoisotopic (exact) mass is 226 g/mol. The Kier molecular flexibility index (Phi) is 5.00. The van der Waals surface area contributed by atoms with E-state index in [0.29, 0.717) is 19.6 Å². The molecule has 0 aliphatic carbocycles. The van der Waals surface area contributed by atoms with Crippen molar-refractivity contribution in [1.82, 2.24) is 10.3 Å². The van der Waals surface area contributed by atoms with E-state index < -0.39 is 0 Å². The Morgan fingerprint density at radius 3 is 3.27 bits per heavy atom. The molecule has 5 heteroatoms. The molecule has 0 spiro atoms. The molecule has 0 unspecified atom stereocenters. The van der Waals surface area contributed by atoms with Gasteiger partial charge in [-0.05, 0) is 0 Å². The number of hydrogen-bond acceptors (Lipinski definition) is 4. The van der Waals surface area contributed by atoms with Gasteiger partial charge in [0.2, 0.25) is 5.91 Å². The molecule has 1 N–H and O–H groups in total. The molecule has 15 heavy (non-hydrogen) atoms. The summed E-state index contributed by atoms with van der Waals surface area (Å²) in [6, 6.07) is 0. The fraction of sp³-hybridized carbons (Fsp3) is 0.400. The van der Waals surface area contributed by atoms with Crippen LogP contribution in [0.3, 0.4) is 0 Å². The van der Waals surface area contributed by atoms with Gasteiger partial charge in [-0.1, -0.05) is 6.08 Å². The highest BCUT2D eigenvalue weighted by Crippen LogP contribution is 2.10. The standard InChI is InChI=1S/C10H14N2O2S/c1-3-4-11-9(13)5-8-7-15-10(12-8)6-14-2/h3,7H,1,4-6H2,2H3,(H,11,13). The lowest BCUT2D eigenvalue weighted by Crippen LogP contribution is -2.25. The molecule has 4 nitrogen and oxygen atoms in total. The molecule has 0 atom stereocenters. The van der Waals surface area contributed by atoms with E-state index >= 15 is 0 Å². The van der Waals surface area contributed by atoms with Crippen LogP contribution in [-0.4, -0.2) is 24.5 Å². The molecule has 0 aliphatic heterocycles. The average Bonchev–Trinajstić information content (AvgIpc) is 2.63. The number of amides is 1. The van der Waals surface area contributed by atoms with Crippen LogP contribution in [0, 0.1) is 0 Å². The van der Waals surface area contributed by atoms with Crippen LogP contribution in [0.2, 0.25) is 0 Å². The lowest BCUT2D eigenvalue weighted by Gasteiger charge is -1.98. The molecular weight excluding hydrogens is 212 g/mol. The molecule has 0 saturated carbocycles. The molecule has 1 heterocycles. The summed E-state index contributed by atoms with van der Waals surface area (Å²) in [4.78, 5) is 15.6. The maximum Gasteiger partial charge on any atom is 0.226 e. The van der Waals surface area contributed by atoms with Gasteiger partial charge in [0.1, 0.15) is 5.01 Å². The van der Waals surface area contributed by atoms with Crippen molar-refractivity contribution in [2.24, 2.45) is 0 Å². The molecule has 82 valence electrons. The van der Waals surface area contributed by atoms with Crippen molar-refractivity contribution in [2.75, 3.05) is 13.7 Å². The van der Waals surface area contributed by atoms with E-state index in [4.69, 9.17) is 4.74 Å². The van der Waals surface area contributed by atoms with Gasteiger partial charge in [0, 0.05) is 19.0 Å². The van der Waals surface area contributed by atoms with Gasteiger partial charge in [0.15, 0.2) is 0 Å². The highest BCUT2D eigenvalue weighted by Gasteiger charge is 2.06. The molecular formula is C10H14N2O2S. The van der Waals surface area contributed by atoms with E-state index in [1.165, 1.54) is 11.3 Å². The van der Waals surface area contributed by atoms with Gasteiger partial charge in [-0.2, -0.15) is 0 Å². The second-order valence-electron chi connectivity index (χ2n) is 2.94. The third kappa shape index (κ3) is 4.22. The Balaban J connectivity index is 2.42. The van der Waals surface area contributed by atoms with Crippen LogP contribution >= 0.6 is 11.3 Å². The van der Waals surface area contributed by atoms with Gasteiger partial charge in [0.25, 0.3) is 0 Å². The summed E-state index contributed by atoms with van der Waals surface area (Å²) in [5.74, 6) is -0.0378. The van der Waals surface area contributed by atoms with Gasteiger partial charge in [-0.25, -0.2) is 4.98 Å². The maximum atomic E-state index is 11.3. The van der Waals surface area contributed by atoms with Crippen molar-refractivity contribution in [2.45, 2.75) is 13.0 Å². The zero-order valence-electron chi connectivity index (χ0n) is 8.66. The van der Waals surface area contributed by atoms with E-state index in [1.54, 1.807) is 13.2 Å². The zero-order chi connectivity index (χ0) is 11.1. The lowest BCUT2D eigenvalue weighted by molar-refractivity contribution is -0.120. The summed E-state index contributed by atoms with van der Waals surface area (Å²) < 4.78 is 4.95. The van der Waals surface area contributed by atoms with Crippen LogP contribution in [0.15, 0.2) is 18.0 Å². The van der Waals surface area contributed by atoms with Crippen LogP contribution in [-0.2, 0) is 22.6 Å². The van der Waals surface area contributed by atoms with Crippen molar-refractivity contribution < 1.29 is 9.53 Å². The van der Waals surface area contributed by atoms with Crippen LogP contribution in [0.1, 0.15) is 10.7 Å². The van der Waals surface area contributed by atoms with E-state index in [2.05, 4.69) is 16.9 Å². The summed E-state index contributed by atoms with van der Waals surface area (Å²) in [5.41, 5.74) is 0.786. The summed E-state index contributed by atoms with van der Waals surface area (Å²) >= 11 is 1.50. The number of carbonyl (C=O) groups is 1. The fourth-order valence-electron chi connectivity index (χ4n) is 1.03. The minimum absolute atomic E-state index is 0.0378. The Morgan fingerprint density at radius 1 is 1.80 bits per heavy atom. The highest BCUT2D eigenvalue weighted by molar-refractivity contribution is 7.09. The Labute approximate surface area is 93.0 Å². The molecule has 0 saturated heterocycles. The first-order chi connectivity index (χ1) is 7.26. The normalized spacial score (nSPS) is 9.93. The van der Waals surface area contributed by atoms with E-state index in [-0.39, 0.29) is 5.91 Å². The molecule has 0 radical (unpaired) electrons. The molecule has 1 rings (SSSR count). The predicted octanol–water partition coefficient (Wildman–Crippen LogP) is 1.13. The molecule has 0 aliphatic rings. The van der Waals surface area contributed by atoms with Crippen molar-refractivity contribution >= 4 is 17.2 Å². The van der Waals surface area contributed by atoms with E-state index in [9.17, 15) is 4.79 Å². The van der Waals surface area contributed by atoms with Crippen LogP contribution in [0.4, 0.5) is 0 Å². The third-order valence-electron chi connectivity index (χ3n) is 1.65. The second-order valence-corrected chi connectivity index (χ2v) is 3.88. The molecule has 1 amide bonds. The summed E-state index contributed by atoms with van der Waals surface area (Å²) in [5, 5.41) is 5.47. The first-order valence-corrected chi connectivity index (χ1v) is 5.44. The number of thiazole rings is 1. The topological polar surface area (TPSA) is 51.2 Å². The van der Waals surface area contributed by atoms with Crippen LogP contribution < -0.4 is 5.32 Å². The molecule has 0 aromatic carbocycles. The number of nitrogens with zero attached hydrogens (tertiary/aromatic N) is 1. The smallest absolute Gasteiger partial charge is 0.226 e. The number of carbonyl (C=O) groups excluding carboxylic acids is 1. The first kappa shape index (κ1) is 11.9. The van der Waals surface area contributed by atoms with E-state index in [0.717, 1.165) is 10.7 Å². The minimum atomic E-state index is -0.0378. The number of hydrogen-bond donors (Lipinski definition) is 1. The SMILES string of the molecule is C=CCNC(=O)Cc1csc(COC)n1. The van der Waals surface area contributed by atoms with Crippen LogP contribution in [0.25, 0.3) is 0 Å². The maximum absolute atomic E-state index is 11.3. The number of ether oxygens (including phenoxy) is 1. The van der Waals surface area contributed by atoms with Crippen molar-refractivity contribution in [3.8, 4) is 0 Å². The summed E-state index contributed by atoms with van der Waals surface area (Å²) in [6.07, 6.45) is 1.96. The fourth-order valence-corrected chi connectivity index (χ4v) is 1.80. The Morgan fingerprint density at radius 2 is 2.60 bits per heavy atom. The van der Waals surface area contributed by atoms with Gasteiger partial charge < -0.3 is 10.1 Å². The predicted molar refractivity (Wildman–Crippen MR) is 59.7 cm³/mol. The zero-order valence-corrected chi connectivity index (χ0v) is 9.47. The number of aromatic nitrogens is 1. The largest absolute Gasteiger partial charge is 0.378 e.